The molecule has 34 heavy (non-hydrogen) atoms. The number of piperidine rings is 1. The Morgan fingerprint density at radius 2 is 1.91 bits per heavy atom. The van der Waals surface area contributed by atoms with E-state index in [1.807, 2.05) is 13.0 Å². The molecular weight excluding hydrogens is 498 g/mol. The highest BCUT2D eigenvalue weighted by molar-refractivity contribution is 7.89. The molecule has 0 N–H and O–H groups in total. The van der Waals surface area contributed by atoms with Crippen LogP contribution in [0, 0.1) is 0 Å². The fraction of sp³-hybridized carbons (Fsp3) is 0.348. The Kier molecular flexibility index (Phi) is 7.22. The number of nitrogens with zero attached hydrogens (tertiary/aromatic N) is 3. The SMILES string of the molecule is COC(=O)Cn1c(=NC(=O)c2ccc(S(=O)(=O)N3CCCCC3C)cc2)sc2cccc(Cl)c21. The summed E-state index contributed by atoms with van der Waals surface area (Å²) < 4.78 is 34.7. The number of methoxy groups -OCH3 is 1. The number of carbonyl (C=O) groups excluding carboxylic acids is 2. The Morgan fingerprint density at radius 1 is 1.18 bits per heavy atom. The quantitative estimate of drug-likeness (QED) is 0.475. The minimum absolute atomic E-state index is 0.0555. The molecule has 2 heterocycles. The summed E-state index contributed by atoms with van der Waals surface area (Å²) in [5, 5.41) is 0.424. The van der Waals surface area contributed by atoms with Gasteiger partial charge in [0, 0.05) is 18.2 Å². The fourth-order valence-electron chi connectivity index (χ4n) is 4.00. The molecule has 0 radical (unpaired) electrons. The summed E-state index contributed by atoms with van der Waals surface area (Å²) >= 11 is 7.56. The molecule has 1 aromatic heterocycles. The molecule has 0 aliphatic carbocycles. The van der Waals surface area contributed by atoms with E-state index in [4.69, 9.17) is 16.3 Å². The number of thiazole rings is 1. The lowest BCUT2D eigenvalue weighted by Crippen LogP contribution is -2.41. The molecular formula is C23H24ClN3O5S2. The standard InChI is InChI=1S/C23H24ClN3O5S2/c1-15-6-3-4-13-27(15)34(30,31)17-11-9-16(10-12-17)22(29)25-23-26(14-20(28)32-2)21-18(24)7-5-8-19(21)33-23/h5,7-12,15H,3-4,6,13-14H2,1-2H3. The molecule has 0 bridgehead atoms. The molecule has 8 nitrogen and oxygen atoms in total. The fourth-order valence-corrected chi connectivity index (χ4v) is 7.08. The third-order valence-electron chi connectivity index (χ3n) is 5.81. The molecule has 1 aliphatic heterocycles. The highest BCUT2D eigenvalue weighted by Gasteiger charge is 2.31. The number of ether oxygens (including phenoxy) is 1. The van der Waals surface area contributed by atoms with Crippen LogP contribution in [-0.4, -0.2) is 48.9 Å². The Balaban J connectivity index is 1.68. The van der Waals surface area contributed by atoms with Crippen molar-refractivity contribution >= 4 is 55.1 Å². The van der Waals surface area contributed by atoms with E-state index < -0.39 is 21.9 Å². The average Bonchev–Trinajstić information content (AvgIpc) is 3.17. The normalized spacial score (nSPS) is 17.7. The van der Waals surface area contributed by atoms with Gasteiger partial charge in [-0.3, -0.25) is 9.59 Å². The highest BCUT2D eigenvalue weighted by atomic mass is 35.5. The van der Waals surface area contributed by atoms with Gasteiger partial charge in [-0.15, -0.1) is 0 Å². The zero-order valence-electron chi connectivity index (χ0n) is 18.7. The van der Waals surface area contributed by atoms with Crippen molar-refractivity contribution in [2.24, 2.45) is 4.99 Å². The van der Waals surface area contributed by atoms with Gasteiger partial charge in [-0.05, 0) is 56.2 Å². The molecule has 1 unspecified atom stereocenters. The van der Waals surface area contributed by atoms with Crippen LogP contribution in [0.1, 0.15) is 36.5 Å². The third kappa shape index (κ3) is 4.81. The average molecular weight is 522 g/mol. The number of hydrogen-bond donors (Lipinski definition) is 0. The van der Waals surface area contributed by atoms with Crippen LogP contribution in [0.25, 0.3) is 10.2 Å². The smallest absolute Gasteiger partial charge is 0.325 e. The molecule has 180 valence electrons. The first-order valence-corrected chi connectivity index (χ1v) is 13.4. The van der Waals surface area contributed by atoms with Gasteiger partial charge < -0.3 is 9.30 Å². The summed E-state index contributed by atoms with van der Waals surface area (Å²) in [7, 11) is -2.36. The van der Waals surface area contributed by atoms with Crippen LogP contribution in [0.4, 0.5) is 0 Å². The van der Waals surface area contributed by atoms with Crippen molar-refractivity contribution in [1.82, 2.24) is 8.87 Å². The minimum atomic E-state index is -3.63. The molecule has 1 atom stereocenters. The zero-order chi connectivity index (χ0) is 24.5. The van der Waals surface area contributed by atoms with Crippen molar-refractivity contribution in [3.63, 3.8) is 0 Å². The Labute approximate surface area is 206 Å². The second-order valence-corrected chi connectivity index (χ2v) is 11.3. The van der Waals surface area contributed by atoms with E-state index in [1.165, 1.54) is 47.0 Å². The summed E-state index contributed by atoms with van der Waals surface area (Å²) in [4.78, 5) is 29.5. The second kappa shape index (κ2) is 9.99. The van der Waals surface area contributed by atoms with Crippen LogP contribution >= 0.6 is 22.9 Å². The van der Waals surface area contributed by atoms with Gasteiger partial charge in [-0.2, -0.15) is 9.30 Å². The molecule has 11 heteroatoms. The number of fused-ring (bicyclic) bond motifs is 1. The second-order valence-electron chi connectivity index (χ2n) is 8.04. The number of rotatable bonds is 5. The summed E-state index contributed by atoms with van der Waals surface area (Å²) in [5.74, 6) is -1.06. The molecule has 1 amide bonds. The summed E-state index contributed by atoms with van der Waals surface area (Å²) in [5.41, 5.74) is 0.821. The largest absolute Gasteiger partial charge is 0.468 e. The van der Waals surface area contributed by atoms with E-state index in [2.05, 4.69) is 4.99 Å². The number of carbonyl (C=O) groups is 2. The predicted molar refractivity (Wildman–Crippen MR) is 130 cm³/mol. The van der Waals surface area contributed by atoms with Crippen LogP contribution < -0.4 is 4.80 Å². The number of sulfonamides is 1. The molecule has 1 saturated heterocycles. The van der Waals surface area contributed by atoms with Crippen molar-refractivity contribution in [1.29, 1.82) is 0 Å². The molecule has 2 aromatic carbocycles. The number of halogens is 1. The van der Waals surface area contributed by atoms with Crippen molar-refractivity contribution in [2.45, 2.75) is 43.7 Å². The molecule has 1 fully saturated rings. The molecule has 1 aliphatic rings. The monoisotopic (exact) mass is 521 g/mol. The van der Waals surface area contributed by atoms with Crippen LogP contribution in [-0.2, 0) is 26.1 Å². The lowest BCUT2D eigenvalue weighted by Gasteiger charge is -2.32. The van der Waals surface area contributed by atoms with Gasteiger partial charge in [-0.25, -0.2) is 8.42 Å². The van der Waals surface area contributed by atoms with Crippen LogP contribution in [0.5, 0.6) is 0 Å². The van der Waals surface area contributed by atoms with Gasteiger partial charge in [-0.1, -0.05) is 35.4 Å². The zero-order valence-corrected chi connectivity index (χ0v) is 21.1. The number of esters is 1. The maximum Gasteiger partial charge on any atom is 0.325 e. The first kappa shape index (κ1) is 24.6. The van der Waals surface area contributed by atoms with Gasteiger partial charge in [0.1, 0.15) is 6.54 Å². The molecule has 4 rings (SSSR count). The lowest BCUT2D eigenvalue weighted by molar-refractivity contribution is -0.141. The Bertz CT molecular complexity index is 1410. The van der Waals surface area contributed by atoms with Gasteiger partial charge in [0.2, 0.25) is 10.0 Å². The number of benzene rings is 2. The Morgan fingerprint density at radius 3 is 2.59 bits per heavy atom. The van der Waals surface area contributed by atoms with E-state index in [9.17, 15) is 18.0 Å². The van der Waals surface area contributed by atoms with Crippen molar-refractivity contribution in [2.75, 3.05) is 13.7 Å². The first-order chi connectivity index (χ1) is 16.2. The van der Waals surface area contributed by atoms with E-state index in [1.54, 1.807) is 16.7 Å². The minimum Gasteiger partial charge on any atom is -0.468 e. The van der Waals surface area contributed by atoms with E-state index >= 15 is 0 Å². The predicted octanol–water partition coefficient (Wildman–Crippen LogP) is 3.83. The maximum absolute atomic E-state index is 13.0. The van der Waals surface area contributed by atoms with Gasteiger partial charge in [0.15, 0.2) is 4.80 Å². The van der Waals surface area contributed by atoms with E-state index in [-0.39, 0.29) is 27.8 Å². The van der Waals surface area contributed by atoms with Gasteiger partial charge in [0.25, 0.3) is 5.91 Å². The number of amides is 1. The van der Waals surface area contributed by atoms with Gasteiger partial charge >= 0.3 is 5.97 Å². The highest BCUT2D eigenvalue weighted by Crippen LogP contribution is 2.27. The van der Waals surface area contributed by atoms with E-state index in [0.717, 1.165) is 24.0 Å². The van der Waals surface area contributed by atoms with Crippen molar-refractivity contribution in [3.05, 3.63) is 57.9 Å². The summed E-state index contributed by atoms with van der Waals surface area (Å²) in [6.07, 6.45) is 2.68. The maximum atomic E-state index is 13.0. The third-order valence-corrected chi connectivity index (χ3v) is 9.19. The number of para-hydroxylation sites is 1. The molecule has 3 aromatic rings. The van der Waals surface area contributed by atoms with E-state index in [0.29, 0.717) is 17.1 Å². The van der Waals surface area contributed by atoms with Crippen LogP contribution in [0.3, 0.4) is 0 Å². The van der Waals surface area contributed by atoms with Crippen LogP contribution in [0.15, 0.2) is 52.4 Å². The van der Waals surface area contributed by atoms with Crippen molar-refractivity contribution in [3.8, 4) is 0 Å². The van der Waals surface area contributed by atoms with Crippen LogP contribution in [0.2, 0.25) is 5.02 Å². The number of aromatic nitrogens is 1. The molecule has 0 spiro atoms. The lowest BCUT2D eigenvalue weighted by atomic mass is 10.1. The topological polar surface area (TPSA) is 98.0 Å². The molecule has 0 saturated carbocycles. The van der Waals surface area contributed by atoms with Crippen molar-refractivity contribution < 1.29 is 22.7 Å². The summed E-state index contributed by atoms with van der Waals surface area (Å²) in [6.45, 7) is 2.25. The van der Waals surface area contributed by atoms with Gasteiger partial charge in [0.05, 0.1) is 27.2 Å². The first-order valence-electron chi connectivity index (χ1n) is 10.8. The Hall–Kier alpha value is -2.53. The number of hydrogen-bond acceptors (Lipinski definition) is 6. The summed E-state index contributed by atoms with van der Waals surface area (Å²) in [6, 6.07) is 11.0.